The molecule has 0 radical (unpaired) electrons. The summed E-state index contributed by atoms with van der Waals surface area (Å²) < 4.78 is 1.64. The maximum atomic E-state index is 12.7. The summed E-state index contributed by atoms with van der Waals surface area (Å²) in [4.78, 5) is 23.2. The van der Waals surface area contributed by atoms with Crippen LogP contribution in [0.5, 0.6) is 0 Å². The van der Waals surface area contributed by atoms with Crippen molar-refractivity contribution in [1.29, 1.82) is 0 Å². The standard InChI is InChI=1S/C16H23N5O/c1-11-10-12(2)21-16(17-11)18-14(19-21)15(22)20(3)13-8-6-4-5-7-9-13/h10,13H,4-9H2,1-3H3. The van der Waals surface area contributed by atoms with Gasteiger partial charge in [0.2, 0.25) is 5.82 Å². The molecule has 6 nitrogen and oxygen atoms in total. The predicted octanol–water partition coefficient (Wildman–Crippen LogP) is 2.54. The summed E-state index contributed by atoms with van der Waals surface area (Å²) in [5.41, 5.74) is 1.82. The monoisotopic (exact) mass is 301 g/mol. The van der Waals surface area contributed by atoms with E-state index in [2.05, 4.69) is 15.1 Å². The van der Waals surface area contributed by atoms with E-state index in [1.165, 1.54) is 25.7 Å². The number of aromatic nitrogens is 4. The molecule has 118 valence electrons. The third-order valence-corrected chi connectivity index (χ3v) is 4.50. The lowest BCUT2D eigenvalue weighted by molar-refractivity contribution is 0.0705. The first-order valence-corrected chi connectivity index (χ1v) is 8.04. The molecule has 1 aliphatic carbocycles. The zero-order chi connectivity index (χ0) is 15.7. The van der Waals surface area contributed by atoms with Gasteiger partial charge in [0, 0.05) is 24.5 Å². The molecule has 0 aliphatic heterocycles. The molecule has 3 rings (SSSR count). The van der Waals surface area contributed by atoms with Gasteiger partial charge in [-0.25, -0.2) is 9.50 Å². The fraction of sp³-hybridized carbons (Fsp3) is 0.625. The van der Waals surface area contributed by atoms with E-state index in [1.807, 2.05) is 31.9 Å². The molecule has 1 amide bonds. The molecule has 0 aromatic carbocycles. The molecule has 2 aromatic heterocycles. The second-order valence-corrected chi connectivity index (χ2v) is 6.25. The number of carbonyl (C=O) groups is 1. The quantitative estimate of drug-likeness (QED) is 0.800. The topological polar surface area (TPSA) is 63.4 Å². The van der Waals surface area contributed by atoms with Crippen molar-refractivity contribution in [2.45, 2.75) is 58.4 Å². The molecule has 1 aliphatic rings. The molecular formula is C16H23N5O. The number of hydrogen-bond donors (Lipinski definition) is 0. The van der Waals surface area contributed by atoms with E-state index < -0.39 is 0 Å². The number of rotatable bonds is 2. The van der Waals surface area contributed by atoms with Gasteiger partial charge in [-0.2, -0.15) is 4.98 Å². The van der Waals surface area contributed by atoms with Crippen molar-refractivity contribution >= 4 is 11.7 Å². The molecule has 0 atom stereocenters. The Morgan fingerprint density at radius 2 is 1.86 bits per heavy atom. The minimum Gasteiger partial charge on any atom is -0.336 e. The molecule has 22 heavy (non-hydrogen) atoms. The van der Waals surface area contributed by atoms with Gasteiger partial charge in [0.05, 0.1) is 0 Å². The highest BCUT2D eigenvalue weighted by atomic mass is 16.2. The molecular weight excluding hydrogens is 278 g/mol. The Bertz CT molecular complexity index is 685. The van der Waals surface area contributed by atoms with E-state index in [9.17, 15) is 4.79 Å². The van der Waals surface area contributed by atoms with Gasteiger partial charge < -0.3 is 4.90 Å². The van der Waals surface area contributed by atoms with Crippen molar-refractivity contribution in [2.24, 2.45) is 0 Å². The van der Waals surface area contributed by atoms with Gasteiger partial charge in [0.1, 0.15) is 0 Å². The van der Waals surface area contributed by atoms with E-state index in [1.54, 1.807) is 4.52 Å². The maximum Gasteiger partial charge on any atom is 0.293 e. The summed E-state index contributed by atoms with van der Waals surface area (Å²) >= 11 is 0. The highest BCUT2D eigenvalue weighted by molar-refractivity contribution is 5.90. The Morgan fingerprint density at radius 1 is 1.18 bits per heavy atom. The minimum absolute atomic E-state index is 0.102. The van der Waals surface area contributed by atoms with Crippen molar-refractivity contribution in [1.82, 2.24) is 24.5 Å². The van der Waals surface area contributed by atoms with Gasteiger partial charge in [0.25, 0.3) is 11.7 Å². The van der Waals surface area contributed by atoms with Crippen LogP contribution in [0.1, 0.15) is 60.5 Å². The van der Waals surface area contributed by atoms with Crippen LogP contribution < -0.4 is 0 Å². The lowest BCUT2D eigenvalue weighted by Gasteiger charge is -2.25. The Labute approximate surface area is 130 Å². The third kappa shape index (κ3) is 2.82. The highest BCUT2D eigenvalue weighted by Crippen LogP contribution is 2.22. The molecule has 2 heterocycles. The predicted molar refractivity (Wildman–Crippen MR) is 83.8 cm³/mol. The molecule has 0 saturated heterocycles. The van der Waals surface area contributed by atoms with Crippen LogP contribution in [0.25, 0.3) is 5.78 Å². The van der Waals surface area contributed by atoms with Gasteiger partial charge in [-0.15, -0.1) is 5.10 Å². The van der Waals surface area contributed by atoms with Gasteiger partial charge in [-0.1, -0.05) is 25.7 Å². The van der Waals surface area contributed by atoms with Crippen LogP contribution in [0.4, 0.5) is 0 Å². The second kappa shape index (κ2) is 6.02. The first kappa shape index (κ1) is 14.9. The van der Waals surface area contributed by atoms with Crippen molar-refractivity contribution in [2.75, 3.05) is 7.05 Å². The number of hydrogen-bond acceptors (Lipinski definition) is 4. The molecule has 0 unspecified atom stereocenters. The SMILES string of the molecule is Cc1cc(C)n2nc(C(=O)N(C)C3CCCCCC3)nc2n1. The van der Waals surface area contributed by atoms with Crippen molar-refractivity contribution in [3.05, 3.63) is 23.3 Å². The molecule has 6 heteroatoms. The van der Waals surface area contributed by atoms with Gasteiger partial charge >= 0.3 is 0 Å². The van der Waals surface area contributed by atoms with Crippen molar-refractivity contribution < 1.29 is 4.79 Å². The highest BCUT2D eigenvalue weighted by Gasteiger charge is 2.25. The van der Waals surface area contributed by atoms with Crippen molar-refractivity contribution in [3.63, 3.8) is 0 Å². The van der Waals surface area contributed by atoms with Crippen LogP contribution >= 0.6 is 0 Å². The zero-order valence-electron chi connectivity index (χ0n) is 13.5. The van der Waals surface area contributed by atoms with E-state index >= 15 is 0 Å². The molecule has 0 spiro atoms. The van der Waals surface area contributed by atoms with E-state index in [0.29, 0.717) is 11.8 Å². The Kier molecular flexibility index (Phi) is 4.09. The number of nitrogens with zero attached hydrogens (tertiary/aromatic N) is 5. The smallest absolute Gasteiger partial charge is 0.293 e. The summed E-state index contributed by atoms with van der Waals surface area (Å²) in [6.45, 7) is 3.86. The van der Waals surface area contributed by atoms with E-state index in [-0.39, 0.29) is 11.7 Å². The summed E-state index contributed by atoms with van der Waals surface area (Å²) in [5.74, 6) is 0.637. The summed E-state index contributed by atoms with van der Waals surface area (Å²) in [5, 5.41) is 4.34. The number of amides is 1. The van der Waals surface area contributed by atoms with Gasteiger partial charge in [-0.05, 0) is 32.8 Å². The number of fused-ring (bicyclic) bond motifs is 1. The number of aryl methyl sites for hydroxylation is 2. The van der Waals surface area contributed by atoms with Crippen LogP contribution in [-0.2, 0) is 0 Å². The fourth-order valence-electron chi connectivity index (χ4n) is 3.23. The Hall–Kier alpha value is -1.98. The molecule has 1 saturated carbocycles. The molecule has 1 fully saturated rings. The van der Waals surface area contributed by atoms with Crippen LogP contribution in [0.2, 0.25) is 0 Å². The first-order valence-electron chi connectivity index (χ1n) is 8.04. The van der Waals surface area contributed by atoms with Crippen LogP contribution in [0, 0.1) is 13.8 Å². The van der Waals surface area contributed by atoms with E-state index in [0.717, 1.165) is 24.2 Å². The average molecular weight is 301 g/mol. The van der Waals surface area contributed by atoms with Crippen LogP contribution in [-0.4, -0.2) is 43.5 Å². The maximum absolute atomic E-state index is 12.7. The first-order chi connectivity index (χ1) is 10.6. The summed E-state index contributed by atoms with van der Waals surface area (Å²) in [6, 6.07) is 2.24. The van der Waals surface area contributed by atoms with Gasteiger partial charge in [-0.3, -0.25) is 4.79 Å². The Balaban J connectivity index is 1.86. The minimum atomic E-state index is -0.102. The third-order valence-electron chi connectivity index (χ3n) is 4.50. The zero-order valence-corrected chi connectivity index (χ0v) is 13.5. The second-order valence-electron chi connectivity index (χ2n) is 6.25. The largest absolute Gasteiger partial charge is 0.336 e. The Morgan fingerprint density at radius 3 is 2.55 bits per heavy atom. The molecule has 0 bridgehead atoms. The number of carbonyl (C=O) groups excluding carboxylic acids is 1. The lowest BCUT2D eigenvalue weighted by atomic mass is 10.1. The fourth-order valence-corrected chi connectivity index (χ4v) is 3.23. The van der Waals surface area contributed by atoms with Crippen molar-refractivity contribution in [3.8, 4) is 0 Å². The molecule has 2 aromatic rings. The average Bonchev–Trinajstić information content (AvgIpc) is 2.73. The molecule has 0 N–H and O–H groups in total. The summed E-state index contributed by atoms with van der Waals surface area (Å²) in [6.07, 6.45) is 7.08. The summed E-state index contributed by atoms with van der Waals surface area (Å²) in [7, 11) is 1.87. The van der Waals surface area contributed by atoms with Crippen LogP contribution in [0.15, 0.2) is 6.07 Å². The van der Waals surface area contributed by atoms with Gasteiger partial charge in [0.15, 0.2) is 0 Å². The normalized spacial score (nSPS) is 16.7. The lowest BCUT2D eigenvalue weighted by Crippen LogP contribution is -2.37. The van der Waals surface area contributed by atoms with E-state index in [4.69, 9.17) is 0 Å². The van der Waals surface area contributed by atoms with Crippen LogP contribution in [0.3, 0.4) is 0 Å².